The highest BCUT2D eigenvalue weighted by atomic mass is 35.5. The van der Waals surface area contributed by atoms with Gasteiger partial charge in [-0.15, -0.1) is 0 Å². The summed E-state index contributed by atoms with van der Waals surface area (Å²) >= 11 is 6.34. The molecule has 0 aliphatic rings. The van der Waals surface area contributed by atoms with Gasteiger partial charge in [-0.2, -0.15) is 0 Å². The van der Waals surface area contributed by atoms with Gasteiger partial charge in [0.1, 0.15) is 0 Å². The van der Waals surface area contributed by atoms with Gasteiger partial charge >= 0.3 is 0 Å². The van der Waals surface area contributed by atoms with E-state index in [0.717, 1.165) is 37.4 Å². The predicted octanol–water partition coefficient (Wildman–Crippen LogP) is 2.75. The van der Waals surface area contributed by atoms with Crippen LogP contribution in [-0.2, 0) is 11.3 Å². The highest BCUT2D eigenvalue weighted by Crippen LogP contribution is 2.29. The van der Waals surface area contributed by atoms with E-state index >= 15 is 0 Å². The Morgan fingerprint density at radius 3 is 2.48 bits per heavy atom. The lowest BCUT2D eigenvalue weighted by Crippen LogP contribution is -2.39. The maximum absolute atomic E-state index is 12.3. The second-order valence-corrected chi connectivity index (χ2v) is 5.36. The first-order chi connectivity index (χ1) is 10.0. The lowest BCUT2D eigenvalue weighted by Gasteiger charge is -2.27. The quantitative estimate of drug-likeness (QED) is 0.802. The Morgan fingerprint density at radius 1 is 1.24 bits per heavy atom. The van der Waals surface area contributed by atoms with Gasteiger partial charge in [-0.25, -0.2) is 0 Å². The minimum Gasteiger partial charge on any atom is -0.364 e. The monoisotopic (exact) mass is 311 g/mol. The minimum absolute atomic E-state index is 0.122. The van der Waals surface area contributed by atoms with Gasteiger partial charge in [0.15, 0.2) is 0 Å². The number of carbonyl (C=O) groups is 1. The van der Waals surface area contributed by atoms with Crippen molar-refractivity contribution in [3.8, 4) is 0 Å². The largest absolute Gasteiger partial charge is 0.364 e. The molecule has 1 aromatic carbocycles. The van der Waals surface area contributed by atoms with Gasteiger partial charge in [-0.1, -0.05) is 30.7 Å². The summed E-state index contributed by atoms with van der Waals surface area (Å²) in [6, 6.07) is 5.85. The fraction of sp³-hybridized carbons (Fsp3) is 0.562. The molecule has 0 aliphatic carbocycles. The molecule has 1 N–H and O–H groups in total. The summed E-state index contributed by atoms with van der Waals surface area (Å²) in [7, 11) is 1.91. The molecule has 0 radical (unpaired) electrons. The van der Waals surface area contributed by atoms with Crippen LogP contribution in [0.5, 0.6) is 0 Å². The molecule has 0 aliphatic heterocycles. The van der Waals surface area contributed by atoms with Gasteiger partial charge in [0.2, 0.25) is 5.91 Å². The zero-order valence-corrected chi connectivity index (χ0v) is 14.2. The Labute approximate surface area is 133 Å². The molecular formula is C16H26ClN3O. The third kappa shape index (κ3) is 4.90. The number of nitrogens with one attached hydrogen (secondary N) is 1. The molecule has 21 heavy (non-hydrogen) atoms. The number of carbonyl (C=O) groups excluding carboxylic acids is 1. The van der Waals surface area contributed by atoms with E-state index in [2.05, 4.69) is 12.2 Å². The van der Waals surface area contributed by atoms with Gasteiger partial charge < -0.3 is 15.1 Å². The number of hydrogen-bond donors (Lipinski definition) is 1. The number of halogens is 1. The lowest BCUT2D eigenvalue weighted by atomic mass is 10.1. The Kier molecular flexibility index (Phi) is 7.54. The Balaban J connectivity index is 2.90. The zero-order chi connectivity index (χ0) is 15.8. The number of para-hydroxylation sites is 1. The molecular weight excluding hydrogens is 286 g/mol. The summed E-state index contributed by atoms with van der Waals surface area (Å²) in [6.45, 7) is 9.50. The van der Waals surface area contributed by atoms with E-state index in [4.69, 9.17) is 11.6 Å². The molecule has 0 spiro atoms. The molecule has 0 aromatic heterocycles. The van der Waals surface area contributed by atoms with Crippen molar-refractivity contribution in [3.63, 3.8) is 0 Å². The fourth-order valence-electron chi connectivity index (χ4n) is 2.35. The second-order valence-electron chi connectivity index (χ2n) is 4.95. The number of anilines is 1. The first-order valence-corrected chi connectivity index (χ1v) is 7.89. The molecule has 1 aromatic rings. The van der Waals surface area contributed by atoms with Crippen LogP contribution < -0.4 is 10.2 Å². The van der Waals surface area contributed by atoms with Crippen LogP contribution in [0.4, 0.5) is 5.69 Å². The topological polar surface area (TPSA) is 35.6 Å². The summed E-state index contributed by atoms with van der Waals surface area (Å²) in [5.74, 6) is 0.122. The fourth-order valence-corrected chi connectivity index (χ4v) is 2.69. The van der Waals surface area contributed by atoms with Gasteiger partial charge in [-0.3, -0.25) is 4.79 Å². The van der Waals surface area contributed by atoms with E-state index in [1.807, 2.05) is 48.9 Å². The highest BCUT2D eigenvalue weighted by Gasteiger charge is 2.17. The molecule has 0 saturated heterocycles. The molecule has 118 valence electrons. The number of hydrogen-bond acceptors (Lipinski definition) is 3. The van der Waals surface area contributed by atoms with Crippen LogP contribution in [-0.4, -0.2) is 44.0 Å². The van der Waals surface area contributed by atoms with Crippen molar-refractivity contribution in [1.29, 1.82) is 0 Å². The standard InChI is InChI=1S/C16H26ClN3O/c1-5-18-11-13-9-8-10-14(17)16(13)19(4)12-15(21)20(6-2)7-3/h8-10,18H,5-7,11-12H2,1-4H3. The van der Waals surface area contributed by atoms with Gasteiger partial charge in [0.25, 0.3) is 0 Å². The van der Waals surface area contributed by atoms with E-state index in [9.17, 15) is 4.79 Å². The molecule has 0 bridgehead atoms. The van der Waals surface area contributed by atoms with E-state index in [0.29, 0.717) is 11.6 Å². The second kappa shape index (κ2) is 8.90. The predicted molar refractivity (Wildman–Crippen MR) is 90.0 cm³/mol. The molecule has 1 amide bonds. The lowest BCUT2D eigenvalue weighted by molar-refractivity contribution is -0.129. The third-order valence-corrected chi connectivity index (χ3v) is 3.81. The average molecular weight is 312 g/mol. The zero-order valence-electron chi connectivity index (χ0n) is 13.4. The molecule has 0 heterocycles. The number of amides is 1. The first kappa shape index (κ1) is 17.8. The number of benzene rings is 1. The first-order valence-electron chi connectivity index (χ1n) is 7.52. The number of rotatable bonds is 8. The van der Waals surface area contributed by atoms with Gasteiger partial charge in [-0.05, 0) is 32.0 Å². The maximum atomic E-state index is 12.3. The molecule has 0 unspecified atom stereocenters. The van der Waals surface area contributed by atoms with Gasteiger partial charge in [0.05, 0.1) is 17.3 Å². The molecule has 5 heteroatoms. The summed E-state index contributed by atoms with van der Waals surface area (Å²) in [4.78, 5) is 16.0. The summed E-state index contributed by atoms with van der Waals surface area (Å²) < 4.78 is 0. The summed E-state index contributed by atoms with van der Waals surface area (Å²) in [6.07, 6.45) is 0. The van der Waals surface area contributed by atoms with Crippen molar-refractivity contribution < 1.29 is 4.79 Å². The van der Waals surface area contributed by atoms with Crippen molar-refractivity contribution in [2.75, 3.05) is 38.1 Å². The van der Waals surface area contributed by atoms with Crippen LogP contribution in [0.15, 0.2) is 18.2 Å². The van der Waals surface area contributed by atoms with Crippen molar-refractivity contribution in [3.05, 3.63) is 28.8 Å². The van der Waals surface area contributed by atoms with E-state index in [1.54, 1.807) is 0 Å². The molecule has 0 atom stereocenters. The van der Waals surface area contributed by atoms with Crippen molar-refractivity contribution in [2.24, 2.45) is 0 Å². The van der Waals surface area contributed by atoms with E-state index in [1.165, 1.54) is 0 Å². The van der Waals surface area contributed by atoms with Crippen molar-refractivity contribution in [2.45, 2.75) is 27.3 Å². The van der Waals surface area contributed by atoms with Crippen LogP contribution in [0.2, 0.25) is 5.02 Å². The average Bonchev–Trinajstić information content (AvgIpc) is 2.46. The molecule has 1 rings (SSSR count). The Bertz CT molecular complexity index is 461. The highest BCUT2D eigenvalue weighted by molar-refractivity contribution is 6.33. The van der Waals surface area contributed by atoms with Crippen LogP contribution >= 0.6 is 11.6 Å². The van der Waals surface area contributed by atoms with Gasteiger partial charge in [0, 0.05) is 26.7 Å². The van der Waals surface area contributed by atoms with Crippen LogP contribution in [0.25, 0.3) is 0 Å². The maximum Gasteiger partial charge on any atom is 0.242 e. The molecule has 4 nitrogen and oxygen atoms in total. The minimum atomic E-state index is 0.122. The molecule has 0 fully saturated rings. The SMILES string of the molecule is CCNCc1cccc(Cl)c1N(C)CC(=O)N(CC)CC. The third-order valence-electron chi connectivity index (χ3n) is 3.51. The normalized spacial score (nSPS) is 10.5. The van der Waals surface area contributed by atoms with Crippen molar-refractivity contribution >= 4 is 23.2 Å². The van der Waals surface area contributed by atoms with Crippen molar-refractivity contribution in [1.82, 2.24) is 10.2 Å². The summed E-state index contributed by atoms with van der Waals surface area (Å²) in [5.41, 5.74) is 2.04. The summed E-state index contributed by atoms with van der Waals surface area (Å²) in [5, 5.41) is 3.99. The number of likely N-dealkylation sites (N-methyl/N-ethyl adjacent to an activating group) is 2. The molecule has 0 saturated carbocycles. The number of nitrogens with zero attached hydrogens (tertiary/aromatic N) is 2. The van der Waals surface area contributed by atoms with Crippen LogP contribution in [0.1, 0.15) is 26.3 Å². The Morgan fingerprint density at radius 2 is 1.90 bits per heavy atom. The Hall–Kier alpha value is -1.26. The van der Waals surface area contributed by atoms with Crippen LogP contribution in [0, 0.1) is 0 Å². The van der Waals surface area contributed by atoms with E-state index < -0.39 is 0 Å². The van der Waals surface area contributed by atoms with E-state index in [-0.39, 0.29) is 5.91 Å². The van der Waals surface area contributed by atoms with Crippen LogP contribution in [0.3, 0.4) is 0 Å². The smallest absolute Gasteiger partial charge is 0.242 e.